The van der Waals surface area contributed by atoms with E-state index in [9.17, 15) is 9.18 Å². The van der Waals surface area contributed by atoms with Gasteiger partial charge in [-0.2, -0.15) is 4.39 Å². The number of benzene rings is 1. The van der Waals surface area contributed by atoms with Crippen molar-refractivity contribution in [2.45, 2.75) is 0 Å². The minimum atomic E-state index is -1.60. The zero-order valence-electron chi connectivity index (χ0n) is 6.50. The van der Waals surface area contributed by atoms with Gasteiger partial charge in [-0.3, -0.25) is 0 Å². The number of hydrogen-bond donors (Lipinski definition) is 1. The quantitative estimate of drug-likeness (QED) is 0.746. The predicted molar refractivity (Wildman–Crippen MR) is 48.2 cm³/mol. The molecule has 0 radical (unpaired) electrons. The molecule has 0 aliphatic rings. The van der Waals surface area contributed by atoms with Crippen molar-refractivity contribution in [1.82, 2.24) is 0 Å². The lowest BCUT2D eigenvalue weighted by molar-refractivity contribution is -0.134. The van der Waals surface area contributed by atoms with Crippen molar-refractivity contribution >= 4 is 23.6 Å². The topological polar surface area (TPSA) is 37.3 Å². The van der Waals surface area contributed by atoms with Crippen molar-refractivity contribution in [3.8, 4) is 0 Å². The molecule has 0 aliphatic carbocycles. The number of hydrogen-bond acceptors (Lipinski definition) is 1. The summed E-state index contributed by atoms with van der Waals surface area (Å²) in [7, 11) is 0. The number of aliphatic carboxylic acids is 1. The van der Waals surface area contributed by atoms with Crippen molar-refractivity contribution in [1.29, 1.82) is 0 Å². The first-order valence-corrected chi connectivity index (χ1v) is 3.84. The molecule has 0 saturated carbocycles. The van der Waals surface area contributed by atoms with Crippen molar-refractivity contribution in [3.05, 3.63) is 40.7 Å². The molecule has 0 unspecified atom stereocenters. The summed E-state index contributed by atoms with van der Waals surface area (Å²) in [5, 5.41) is 8.57. The zero-order chi connectivity index (χ0) is 9.84. The number of halogens is 2. The first-order chi connectivity index (χ1) is 6.11. The fourth-order valence-corrected chi connectivity index (χ4v) is 0.981. The van der Waals surface area contributed by atoms with E-state index in [2.05, 4.69) is 0 Å². The second kappa shape index (κ2) is 4.05. The fraction of sp³-hybridized carbons (Fsp3) is 0. The molecule has 13 heavy (non-hydrogen) atoms. The Morgan fingerprint density at radius 2 is 2.08 bits per heavy atom. The summed E-state index contributed by atoms with van der Waals surface area (Å²) >= 11 is 5.67. The summed E-state index contributed by atoms with van der Waals surface area (Å²) < 4.78 is 12.6. The Morgan fingerprint density at radius 1 is 1.46 bits per heavy atom. The monoisotopic (exact) mass is 200 g/mol. The van der Waals surface area contributed by atoms with Gasteiger partial charge in [0, 0.05) is 5.02 Å². The molecule has 4 heteroatoms. The van der Waals surface area contributed by atoms with Gasteiger partial charge in [0.25, 0.3) is 0 Å². The normalized spacial score (nSPS) is 11.4. The lowest BCUT2D eigenvalue weighted by atomic mass is 10.2. The fourth-order valence-electron chi connectivity index (χ4n) is 0.790. The predicted octanol–water partition coefficient (Wildman–Crippen LogP) is 2.74. The van der Waals surface area contributed by atoms with E-state index in [1.165, 1.54) is 6.07 Å². The van der Waals surface area contributed by atoms with Crippen LogP contribution in [0.25, 0.3) is 6.08 Å². The highest BCUT2D eigenvalue weighted by molar-refractivity contribution is 6.32. The average molecular weight is 201 g/mol. The van der Waals surface area contributed by atoms with Gasteiger partial charge < -0.3 is 5.11 Å². The van der Waals surface area contributed by atoms with E-state index in [1.54, 1.807) is 18.2 Å². The van der Waals surface area contributed by atoms with Crippen LogP contribution in [-0.4, -0.2) is 11.1 Å². The molecule has 1 rings (SSSR count). The summed E-state index contributed by atoms with van der Waals surface area (Å²) in [6, 6.07) is 6.42. The standard InChI is InChI=1S/C9H6ClFO2/c10-7-4-2-1-3-6(7)5-8(11)9(12)13/h1-5H,(H,12,13). The highest BCUT2D eigenvalue weighted by atomic mass is 35.5. The molecule has 0 atom stereocenters. The molecule has 0 aliphatic heterocycles. The van der Waals surface area contributed by atoms with Gasteiger partial charge in [-0.15, -0.1) is 0 Å². The summed E-state index contributed by atoms with van der Waals surface area (Å²) in [4.78, 5) is 10.1. The van der Waals surface area contributed by atoms with Crippen LogP contribution in [0.3, 0.4) is 0 Å². The van der Waals surface area contributed by atoms with Gasteiger partial charge in [0.1, 0.15) is 0 Å². The summed E-state index contributed by atoms with van der Waals surface area (Å²) in [6.07, 6.45) is 0.880. The third-order valence-electron chi connectivity index (χ3n) is 1.39. The third kappa shape index (κ3) is 2.56. The maximum atomic E-state index is 12.6. The van der Waals surface area contributed by atoms with Crippen molar-refractivity contribution < 1.29 is 14.3 Å². The molecule has 0 saturated heterocycles. The van der Waals surface area contributed by atoms with Crippen LogP contribution in [0.5, 0.6) is 0 Å². The minimum absolute atomic E-state index is 0.318. The largest absolute Gasteiger partial charge is 0.476 e. The molecular formula is C9H6ClFO2. The smallest absolute Gasteiger partial charge is 0.364 e. The molecule has 1 N–H and O–H groups in total. The Labute approximate surface area is 79.3 Å². The molecule has 0 fully saturated rings. The van der Waals surface area contributed by atoms with Crippen molar-refractivity contribution in [2.24, 2.45) is 0 Å². The Balaban J connectivity index is 3.04. The molecule has 1 aromatic rings. The summed E-state index contributed by atoms with van der Waals surface area (Å²) in [6.45, 7) is 0. The minimum Gasteiger partial charge on any atom is -0.476 e. The average Bonchev–Trinajstić information content (AvgIpc) is 2.08. The van der Waals surface area contributed by atoms with Crippen LogP contribution >= 0.6 is 11.6 Å². The van der Waals surface area contributed by atoms with E-state index < -0.39 is 11.8 Å². The molecule has 1 aromatic carbocycles. The zero-order valence-corrected chi connectivity index (χ0v) is 7.25. The third-order valence-corrected chi connectivity index (χ3v) is 1.74. The molecule has 0 heterocycles. The molecular weight excluding hydrogens is 195 g/mol. The highest BCUT2D eigenvalue weighted by Crippen LogP contribution is 2.18. The van der Waals surface area contributed by atoms with Crippen molar-refractivity contribution in [3.63, 3.8) is 0 Å². The van der Waals surface area contributed by atoms with Crippen LogP contribution < -0.4 is 0 Å². The number of carboxylic acids is 1. The Kier molecular flexibility index (Phi) is 3.03. The molecule has 0 amide bonds. The lowest BCUT2D eigenvalue weighted by Gasteiger charge is -1.95. The van der Waals surface area contributed by atoms with Gasteiger partial charge in [-0.05, 0) is 17.7 Å². The molecule has 0 bridgehead atoms. The van der Waals surface area contributed by atoms with Crippen LogP contribution in [0.15, 0.2) is 30.1 Å². The second-order valence-electron chi connectivity index (χ2n) is 2.32. The summed E-state index contributed by atoms with van der Waals surface area (Å²) in [5.74, 6) is -2.83. The van der Waals surface area contributed by atoms with Crippen LogP contribution in [0.2, 0.25) is 5.02 Å². The van der Waals surface area contributed by atoms with Crippen LogP contribution in [-0.2, 0) is 4.79 Å². The van der Waals surface area contributed by atoms with Crippen LogP contribution in [0, 0.1) is 0 Å². The molecule has 0 spiro atoms. The van der Waals surface area contributed by atoms with E-state index in [0.717, 1.165) is 6.08 Å². The molecule has 0 aromatic heterocycles. The van der Waals surface area contributed by atoms with Gasteiger partial charge in [0.05, 0.1) is 0 Å². The van der Waals surface area contributed by atoms with Gasteiger partial charge in [0.15, 0.2) is 0 Å². The van der Waals surface area contributed by atoms with Gasteiger partial charge in [-0.25, -0.2) is 4.79 Å². The molecule has 2 nitrogen and oxygen atoms in total. The van der Waals surface area contributed by atoms with E-state index in [1.807, 2.05) is 0 Å². The Hall–Kier alpha value is -1.35. The van der Waals surface area contributed by atoms with E-state index in [-0.39, 0.29) is 0 Å². The maximum Gasteiger partial charge on any atom is 0.364 e. The van der Waals surface area contributed by atoms with Gasteiger partial charge >= 0.3 is 5.97 Å². The SMILES string of the molecule is O=C(O)C(F)=Cc1ccccc1Cl. The first-order valence-electron chi connectivity index (χ1n) is 3.46. The van der Waals surface area contributed by atoms with Crippen LogP contribution in [0.4, 0.5) is 4.39 Å². The number of carboxylic acid groups (broad SMARTS) is 1. The van der Waals surface area contributed by atoms with E-state index >= 15 is 0 Å². The van der Waals surface area contributed by atoms with Gasteiger partial charge in [0.2, 0.25) is 5.83 Å². The lowest BCUT2D eigenvalue weighted by Crippen LogP contribution is -1.94. The first kappa shape index (κ1) is 9.74. The van der Waals surface area contributed by atoms with Crippen LogP contribution in [0.1, 0.15) is 5.56 Å². The summed E-state index contributed by atoms with van der Waals surface area (Å²) in [5.41, 5.74) is 0.351. The Bertz CT molecular complexity index is 360. The maximum absolute atomic E-state index is 12.6. The number of carbonyl (C=O) groups is 1. The highest BCUT2D eigenvalue weighted by Gasteiger charge is 2.05. The number of rotatable bonds is 2. The Morgan fingerprint density at radius 3 is 2.62 bits per heavy atom. The molecule has 68 valence electrons. The van der Waals surface area contributed by atoms with E-state index in [4.69, 9.17) is 16.7 Å². The second-order valence-corrected chi connectivity index (χ2v) is 2.73. The van der Waals surface area contributed by atoms with Gasteiger partial charge in [-0.1, -0.05) is 29.8 Å². The van der Waals surface area contributed by atoms with Crippen molar-refractivity contribution in [2.75, 3.05) is 0 Å². The van der Waals surface area contributed by atoms with E-state index in [0.29, 0.717) is 10.6 Å².